The molecule has 0 bridgehead atoms. The van der Waals surface area contributed by atoms with Crippen LogP contribution in [0.3, 0.4) is 0 Å². The van der Waals surface area contributed by atoms with Crippen LogP contribution in [-0.2, 0) is 4.79 Å². The second-order valence-corrected chi connectivity index (χ2v) is 6.71. The van der Waals surface area contributed by atoms with E-state index in [2.05, 4.69) is 30.6 Å². The molecule has 8 heteroatoms. The molecular formula is C18H25N7O. The molecule has 3 rings (SSSR count). The first-order valence-electron chi connectivity index (χ1n) is 8.82. The van der Waals surface area contributed by atoms with Crippen molar-refractivity contribution in [3.8, 4) is 0 Å². The lowest BCUT2D eigenvalue weighted by atomic mass is 10.1. The number of likely N-dealkylation sites (N-methyl/N-ethyl adjacent to an activating group) is 1. The van der Waals surface area contributed by atoms with Gasteiger partial charge in [0.05, 0.1) is 6.54 Å². The zero-order chi connectivity index (χ0) is 18.7. The number of likely N-dealkylation sites (tertiary alicyclic amines) is 1. The van der Waals surface area contributed by atoms with Crippen LogP contribution in [0.1, 0.15) is 35.2 Å². The Balaban J connectivity index is 1.77. The number of nitrogens with one attached hydrogen (secondary N) is 2. The third-order valence-corrected chi connectivity index (χ3v) is 4.33. The smallest absolute Gasteiger partial charge is 0.236 e. The number of rotatable bonds is 5. The highest BCUT2D eigenvalue weighted by atomic mass is 16.2. The quantitative estimate of drug-likeness (QED) is 0.838. The largest absolute Gasteiger partial charge is 0.341 e. The lowest BCUT2D eigenvalue weighted by molar-refractivity contribution is -0.129. The van der Waals surface area contributed by atoms with E-state index in [-0.39, 0.29) is 11.8 Å². The SMILES string of the molecule is CNCC(=O)N1CC[C@@H](c2nc(C)cc(Nc3nc(C)cc(C)n3)n2)C1. The van der Waals surface area contributed by atoms with E-state index in [1.807, 2.05) is 37.8 Å². The van der Waals surface area contributed by atoms with Gasteiger partial charge in [-0.15, -0.1) is 0 Å². The van der Waals surface area contributed by atoms with Crippen LogP contribution in [-0.4, -0.2) is 57.4 Å². The molecule has 1 fully saturated rings. The van der Waals surface area contributed by atoms with Crippen molar-refractivity contribution < 1.29 is 4.79 Å². The maximum absolute atomic E-state index is 12.1. The third-order valence-electron chi connectivity index (χ3n) is 4.33. The molecule has 138 valence electrons. The molecule has 0 radical (unpaired) electrons. The fourth-order valence-corrected chi connectivity index (χ4v) is 3.20. The van der Waals surface area contributed by atoms with Crippen molar-refractivity contribution in [1.29, 1.82) is 0 Å². The summed E-state index contributed by atoms with van der Waals surface area (Å²) in [4.78, 5) is 32.0. The Morgan fingerprint density at radius 2 is 1.81 bits per heavy atom. The van der Waals surface area contributed by atoms with Gasteiger partial charge in [-0.1, -0.05) is 0 Å². The number of hydrogen-bond acceptors (Lipinski definition) is 7. The maximum atomic E-state index is 12.1. The average molecular weight is 355 g/mol. The summed E-state index contributed by atoms with van der Waals surface area (Å²) in [6.45, 7) is 7.57. The minimum Gasteiger partial charge on any atom is -0.341 e. The first-order valence-corrected chi connectivity index (χ1v) is 8.82. The number of carbonyl (C=O) groups is 1. The van der Waals surface area contributed by atoms with Gasteiger partial charge in [0.25, 0.3) is 0 Å². The van der Waals surface area contributed by atoms with Crippen LogP contribution in [0, 0.1) is 20.8 Å². The monoisotopic (exact) mass is 355 g/mol. The van der Waals surface area contributed by atoms with Gasteiger partial charge in [0.2, 0.25) is 11.9 Å². The maximum Gasteiger partial charge on any atom is 0.236 e. The van der Waals surface area contributed by atoms with Gasteiger partial charge in [-0.05, 0) is 40.3 Å². The van der Waals surface area contributed by atoms with Gasteiger partial charge >= 0.3 is 0 Å². The fourth-order valence-electron chi connectivity index (χ4n) is 3.20. The van der Waals surface area contributed by atoms with Crippen molar-refractivity contribution in [2.24, 2.45) is 0 Å². The van der Waals surface area contributed by atoms with Crippen LogP contribution >= 0.6 is 0 Å². The first kappa shape index (κ1) is 18.2. The van der Waals surface area contributed by atoms with Gasteiger partial charge in [0, 0.05) is 42.2 Å². The molecule has 1 saturated heterocycles. The minimum absolute atomic E-state index is 0.115. The molecule has 1 amide bonds. The topological polar surface area (TPSA) is 95.9 Å². The number of aryl methyl sites for hydroxylation is 3. The van der Waals surface area contributed by atoms with E-state index in [4.69, 9.17) is 0 Å². The van der Waals surface area contributed by atoms with E-state index in [0.717, 1.165) is 35.9 Å². The van der Waals surface area contributed by atoms with Crippen molar-refractivity contribution in [3.63, 3.8) is 0 Å². The average Bonchev–Trinajstić information content (AvgIpc) is 3.03. The van der Waals surface area contributed by atoms with Crippen molar-refractivity contribution in [2.75, 3.05) is 32.0 Å². The molecule has 0 unspecified atom stereocenters. The predicted octanol–water partition coefficient (Wildman–Crippen LogP) is 1.47. The summed E-state index contributed by atoms with van der Waals surface area (Å²) in [6.07, 6.45) is 0.873. The Morgan fingerprint density at radius 1 is 1.12 bits per heavy atom. The number of anilines is 2. The Morgan fingerprint density at radius 3 is 2.50 bits per heavy atom. The molecule has 3 heterocycles. The van der Waals surface area contributed by atoms with E-state index >= 15 is 0 Å². The fraction of sp³-hybridized carbons (Fsp3) is 0.500. The highest BCUT2D eigenvalue weighted by molar-refractivity contribution is 5.78. The lowest BCUT2D eigenvalue weighted by Gasteiger charge is -2.16. The normalized spacial score (nSPS) is 16.8. The van der Waals surface area contributed by atoms with Crippen LogP contribution < -0.4 is 10.6 Å². The van der Waals surface area contributed by atoms with Crippen molar-refractivity contribution in [1.82, 2.24) is 30.2 Å². The lowest BCUT2D eigenvalue weighted by Crippen LogP contribution is -2.35. The zero-order valence-electron chi connectivity index (χ0n) is 15.7. The zero-order valence-corrected chi connectivity index (χ0v) is 15.7. The third kappa shape index (κ3) is 4.32. The van der Waals surface area contributed by atoms with E-state index in [0.29, 0.717) is 24.9 Å². The number of hydrogen-bond donors (Lipinski definition) is 2. The van der Waals surface area contributed by atoms with Gasteiger partial charge < -0.3 is 15.5 Å². The molecule has 2 aromatic rings. The molecule has 8 nitrogen and oxygen atoms in total. The highest BCUT2D eigenvalue weighted by Gasteiger charge is 2.29. The van der Waals surface area contributed by atoms with Crippen LogP contribution in [0.4, 0.5) is 11.8 Å². The molecule has 1 atom stereocenters. The van der Waals surface area contributed by atoms with E-state index in [1.54, 1.807) is 7.05 Å². The number of nitrogens with zero attached hydrogens (tertiary/aromatic N) is 5. The Bertz CT molecular complexity index is 788. The summed E-state index contributed by atoms with van der Waals surface area (Å²) in [6, 6.07) is 3.81. The second kappa shape index (κ2) is 7.74. The highest BCUT2D eigenvalue weighted by Crippen LogP contribution is 2.26. The second-order valence-electron chi connectivity index (χ2n) is 6.71. The van der Waals surface area contributed by atoms with Gasteiger partial charge in [-0.25, -0.2) is 19.9 Å². The van der Waals surface area contributed by atoms with Gasteiger partial charge in [-0.3, -0.25) is 4.79 Å². The summed E-state index contributed by atoms with van der Waals surface area (Å²) in [5.74, 6) is 2.24. The summed E-state index contributed by atoms with van der Waals surface area (Å²) in [7, 11) is 1.78. The molecule has 2 aromatic heterocycles. The van der Waals surface area contributed by atoms with Crippen molar-refractivity contribution in [3.05, 3.63) is 35.0 Å². The van der Waals surface area contributed by atoms with Gasteiger partial charge in [0.15, 0.2) is 0 Å². The summed E-state index contributed by atoms with van der Waals surface area (Å²) in [5.41, 5.74) is 2.68. The van der Waals surface area contributed by atoms with Crippen LogP contribution in [0.15, 0.2) is 12.1 Å². The molecule has 0 aromatic carbocycles. The summed E-state index contributed by atoms with van der Waals surface area (Å²) in [5, 5.41) is 6.09. The van der Waals surface area contributed by atoms with Crippen LogP contribution in [0.25, 0.3) is 0 Å². The van der Waals surface area contributed by atoms with Crippen LogP contribution in [0.5, 0.6) is 0 Å². The number of amides is 1. The molecular weight excluding hydrogens is 330 g/mol. The van der Waals surface area contributed by atoms with Gasteiger partial charge in [0.1, 0.15) is 11.6 Å². The molecule has 0 spiro atoms. The minimum atomic E-state index is 0.115. The Labute approximate surface area is 153 Å². The molecule has 1 aliphatic heterocycles. The molecule has 1 aliphatic rings. The van der Waals surface area contributed by atoms with Crippen molar-refractivity contribution >= 4 is 17.7 Å². The molecule has 0 aliphatic carbocycles. The van der Waals surface area contributed by atoms with E-state index in [1.165, 1.54) is 0 Å². The number of aromatic nitrogens is 4. The van der Waals surface area contributed by atoms with E-state index < -0.39 is 0 Å². The standard InChI is InChI=1S/C18H25N7O/c1-11-7-12(2)22-18(21-11)24-15-8-13(3)20-17(23-15)14-5-6-25(10-14)16(26)9-19-4/h7-8,14,19H,5-6,9-10H2,1-4H3,(H,20,21,22,23,24)/t14-/m1/s1. The Kier molecular flexibility index (Phi) is 5.41. The van der Waals surface area contributed by atoms with Crippen LogP contribution in [0.2, 0.25) is 0 Å². The predicted molar refractivity (Wildman–Crippen MR) is 99.4 cm³/mol. The molecule has 2 N–H and O–H groups in total. The molecule has 0 saturated carbocycles. The first-order chi connectivity index (χ1) is 12.4. The van der Waals surface area contributed by atoms with E-state index in [9.17, 15) is 4.79 Å². The molecule has 26 heavy (non-hydrogen) atoms. The number of carbonyl (C=O) groups excluding carboxylic acids is 1. The summed E-state index contributed by atoms with van der Waals surface area (Å²) < 4.78 is 0. The Hall–Kier alpha value is -2.61. The van der Waals surface area contributed by atoms with Crippen molar-refractivity contribution in [2.45, 2.75) is 33.1 Å². The summed E-state index contributed by atoms with van der Waals surface area (Å²) >= 11 is 0. The van der Waals surface area contributed by atoms with Gasteiger partial charge in [-0.2, -0.15) is 0 Å².